The van der Waals surface area contributed by atoms with E-state index in [0.29, 0.717) is 37.9 Å². The number of alkyl halides is 2. The largest absolute Gasteiger partial charge is 0.480 e. The number of carbonyl (C=O) groups excluding carboxylic acids is 2. The number of benzene rings is 1. The molecule has 1 N–H and O–H groups in total. The van der Waals surface area contributed by atoms with Crippen molar-refractivity contribution in [3.63, 3.8) is 0 Å². The summed E-state index contributed by atoms with van der Waals surface area (Å²) in [5.41, 5.74) is 0.379. The van der Waals surface area contributed by atoms with Gasteiger partial charge in [-0.15, -0.1) is 0 Å². The third kappa shape index (κ3) is 6.17. The van der Waals surface area contributed by atoms with Crippen molar-refractivity contribution in [2.45, 2.75) is 45.3 Å². The highest BCUT2D eigenvalue weighted by atomic mass is 19.3. The lowest BCUT2D eigenvalue weighted by Crippen LogP contribution is -2.43. The maximum absolute atomic E-state index is 12.7. The van der Waals surface area contributed by atoms with Crippen LogP contribution in [0.5, 0.6) is 5.75 Å². The molecule has 1 fully saturated rings. The summed E-state index contributed by atoms with van der Waals surface area (Å²) in [6, 6.07) is 5.92. The first-order valence-corrected chi connectivity index (χ1v) is 9.07. The van der Waals surface area contributed by atoms with Crippen LogP contribution in [-0.4, -0.2) is 65.0 Å². The third-order valence-corrected chi connectivity index (χ3v) is 4.73. The van der Waals surface area contributed by atoms with Crippen LogP contribution in [0.4, 0.5) is 8.78 Å². The van der Waals surface area contributed by atoms with Gasteiger partial charge in [-0.1, -0.05) is 18.2 Å². The fourth-order valence-corrected chi connectivity index (χ4v) is 3.42. The van der Waals surface area contributed by atoms with Gasteiger partial charge in [0.25, 0.3) is 0 Å². The Labute approximate surface area is 161 Å². The predicted octanol–water partition coefficient (Wildman–Crippen LogP) is 2.14. The molecule has 1 aromatic carbocycles. The van der Waals surface area contributed by atoms with Crippen molar-refractivity contribution >= 4 is 17.8 Å². The number of carboxylic acids is 1. The molecule has 1 heterocycles. The van der Waals surface area contributed by atoms with Gasteiger partial charge >= 0.3 is 12.6 Å². The van der Waals surface area contributed by atoms with Gasteiger partial charge in [-0.25, -0.2) is 0 Å². The number of ether oxygens (including phenoxy) is 1. The normalized spacial score (nSPS) is 17.1. The van der Waals surface area contributed by atoms with Crippen LogP contribution in [0.25, 0.3) is 0 Å². The van der Waals surface area contributed by atoms with Gasteiger partial charge in [0.1, 0.15) is 12.3 Å². The molecule has 1 aliphatic heterocycles. The van der Waals surface area contributed by atoms with Gasteiger partial charge in [-0.05, 0) is 25.3 Å². The second kappa shape index (κ2) is 10.0. The Hall–Kier alpha value is -2.71. The molecular weight excluding hydrogens is 374 g/mol. The predicted molar refractivity (Wildman–Crippen MR) is 96.0 cm³/mol. The highest BCUT2D eigenvalue weighted by molar-refractivity contribution is 5.80. The molecule has 0 radical (unpaired) electrons. The molecule has 0 aromatic heterocycles. The molecule has 28 heavy (non-hydrogen) atoms. The number of aliphatic carboxylic acids is 1. The van der Waals surface area contributed by atoms with Gasteiger partial charge in [-0.2, -0.15) is 8.78 Å². The molecule has 1 aliphatic rings. The molecule has 0 aliphatic carbocycles. The third-order valence-electron chi connectivity index (χ3n) is 4.73. The van der Waals surface area contributed by atoms with E-state index in [-0.39, 0.29) is 36.6 Å². The van der Waals surface area contributed by atoms with E-state index in [1.165, 1.54) is 17.9 Å². The summed E-state index contributed by atoms with van der Waals surface area (Å²) < 4.78 is 29.5. The fourth-order valence-electron chi connectivity index (χ4n) is 3.42. The van der Waals surface area contributed by atoms with E-state index < -0.39 is 12.6 Å². The van der Waals surface area contributed by atoms with E-state index in [2.05, 4.69) is 4.74 Å². The summed E-state index contributed by atoms with van der Waals surface area (Å²) in [6.45, 7) is -1.18. The second-order valence-corrected chi connectivity index (χ2v) is 6.67. The number of hydrogen-bond donors (Lipinski definition) is 1. The Kier molecular flexibility index (Phi) is 7.71. The Bertz CT molecular complexity index is 713. The molecule has 0 bridgehead atoms. The van der Waals surface area contributed by atoms with Crippen LogP contribution >= 0.6 is 0 Å². The lowest BCUT2D eigenvalue weighted by Gasteiger charge is -2.29. The van der Waals surface area contributed by atoms with Crippen LogP contribution in [0.2, 0.25) is 0 Å². The van der Waals surface area contributed by atoms with Crippen LogP contribution in [-0.2, 0) is 20.8 Å². The summed E-state index contributed by atoms with van der Waals surface area (Å²) >= 11 is 0. The van der Waals surface area contributed by atoms with E-state index in [1.807, 2.05) is 0 Å². The molecular formula is C19H24F2N2O5. The van der Waals surface area contributed by atoms with Gasteiger partial charge in [0.15, 0.2) is 0 Å². The molecule has 9 heteroatoms. The number of rotatable bonds is 7. The smallest absolute Gasteiger partial charge is 0.387 e. The SMILES string of the molecule is CC(=O)N(CC(=O)O)C1CCCN(C(=O)Cc2ccccc2OC(F)F)CC1. The summed E-state index contributed by atoms with van der Waals surface area (Å²) in [5.74, 6) is -1.64. The molecule has 0 spiro atoms. The summed E-state index contributed by atoms with van der Waals surface area (Å²) in [5, 5.41) is 9.00. The molecule has 1 unspecified atom stereocenters. The van der Waals surface area contributed by atoms with Crippen molar-refractivity contribution in [2.24, 2.45) is 0 Å². The van der Waals surface area contributed by atoms with Crippen molar-refractivity contribution in [3.8, 4) is 5.75 Å². The van der Waals surface area contributed by atoms with Gasteiger partial charge < -0.3 is 19.6 Å². The standard InChI is InChI=1S/C19H24F2N2O5/c1-13(24)23(12-18(26)27)15-6-4-9-22(10-8-15)17(25)11-14-5-2-3-7-16(14)28-19(20)21/h2-3,5,7,15,19H,4,6,8-12H2,1H3,(H,26,27). The molecule has 2 amide bonds. The van der Waals surface area contributed by atoms with Crippen LogP contribution in [0, 0.1) is 0 Å². The molecule has 154 valence electrons. The Balaban J connectivity index is 2.01. The number of likely N-dealkylation sites (tertiary alicyclic amines) is 1. The Morgan fingerprint density at radius 2 is 1.96 bits per heavy atom. The van der Waals surface area contributed by atoms with Crippen molar-refractivity contribution < 1.29 is 33.0 Å². The first kappa shape index (κ1) is 21.6. The fraction of sp³-hybridized carbons (Fsp3) is 0.526. The summed E-state index contributed by atoms with van der Waals surface area (Å²) in [6.07, 6.45) is 1.61. The number of carbonyl (C=O) groups is 3. The van der Waals surface area contributed by atoms with E-state index in [9.17, 15) is 23.2 Å². The molecule has 1 atom stereocenters. The Morgan fingerprint density at radius 3 is 2.61 bits per heavy atom. The van der Waals surface area contributed by atoms with E-state index in [1.54, 1.807) is 23.1 Å². The number of amides is 2. The van der Waals surface area contributed by atoms with E-state index in [0.717, 1.165) is 0 Å². The topological polar surface area (TPSA) is 87.2 Å². The van der Waals surface area contributed by atoms with Gasteiger partial charge in [0.2, 0.25) is 11.8 Å². The van der Waals surface area contributed by atoms with Gasteiger partial charge in [0.05, 0.1) is 6.42 Å². The maximum Gasteiger partial charge on any atom is 0.387 e. The van der Waals surface area contributed by atoms with E-state index in [4.69, 9.17) is 5.11 Å². The molecule has 1 saturated heterocycles. The molecule has 1 aromatic rings. The second-order valence-electron chi connectivity index (χ2n) is 6.67. The first-order valence-electron chi connectivity index (χ1n) is 9.07. The highest BCUT2D eigenvalue weighted by Crippen LogP contribution is 2.23. The highest BCUT2D eigenvalue weighted by Gasteiger charge is 2.27. The van der Waals surface area contributed by atoms with Crippen LogP contribution < -0.4 is 4.74 Å². The van der Waals surface area contributed by atoms with Crippen molar-refractivity contribution in [1.29, 1.82) is 0 Å². The zero-order chi connectivity index (χ0) is 20.7. The van der Waals surface area contributed by atoms with Crippen molar-refractivity contribution in [1.82, 2.24) is 9.80 Å². The lowest BCUT2D eigenvalue weighted by molar-refractivity contribution is -0.145. The minimum atomic E-state index is -2.97. The van der Waals surface area contributed by atoms with Crippen LogP contribution in [0.1, 0.15) is 31.7 Å². The first-order chi connectivity index (χ1) is 13.3. The minimum Gasteiger partial charge on any atom is -0.480 e. The lowest BCUT2D eigenvalue weighted by atomic mass is 10.1. The zero-order valence-electron chi connectivity index (χ0n) is 15.6. The average molecular weight is 398 g/mol. The summed E-state index contributed by atoms with van der Waals surface area (Å²) in [7, 11) is 0. The number of hydrogen-bond acceptors (Lipinski definition) is 4. The summed E-state index contributed by atoms with van der Waals surface area (Å²) in [4.78, 5) is 38.4. The quantitative estimate of drug-likeness (QED) is 0.761. The monoisotopic (exact) mass is 398 g/mol. The van der Waals surface area contributed by atoms with Crippen molar-refractivity contribution in [2.75, 3.05) is 19.6 Å². The number of para-hydroxylation sites is 1. The van der Waals surface area contributed by atoms with Gasteiger partial charge in [0, 0.05) is 31.6 Å². The molecule has 0 saturated carbocycles. The Morgan fingerprint density at radius 1 is 1.25 bits per heavy atom. The number of halogens is 2. The average Bonchev–Trinajstić information content (AvgIpc) is 2.86. The van der Waals surface area contributed by atoms with Gasteiger partial charge in [-0.3, -0.25) is 14.4 Å². The number of carboxylic acid groups (broad SMARTS) is 1. The minimum absolute atomic E-state index is 0.0252. The van der Waals surface area contributed by atoms with Crippen molar-refractivity contribution in [3.05, 3.63) is 29.8 Å². The number of nitrogens with zero attached hydrogens (tertiary/aromatic N) is 2. The van der Waals surface area contributed by atoms with E-state index >= 15 is 0 Å². The van der Waals surface area contributed by atoms with Crippen LogP contribution in [0.15, 0.2) is 24.3 Å². The van der Waals surface area contributed by atoms with Crippen LogP contribution in [0.3, 0.4) is 0 Å². The zero-order valence-corrected chi connectivity index (χ0v) is 15.6. The maximum atomic E-state index is 12.7. The molecule has 2 rings (SSSR count). The molecule has 7 nitrogen and oxygen atoms in total.